The van der Waals surface area contributed by atoms with Crippen LogP contribution in [0, 0.1) is 0 Å². The average Bonchev–Trinajstić information content (AvgIpc) is 2.48. The Balaban J connectivity index is 2.14. The molecule has 2 rings (SSSR count). The molecule has 0 radical (unpaired) electrons. The van der Waals surface area contributed by atoms with Gasteiger partial charge < -0.3 is 10.4 Å². The van der Waals surface area contributed by atoms with Gasteiger partial charge in [0.05, 0.1) is 22.7 Å². The van der Waals surface area contributed by atoms with Gasteiger partial charge in [0.2, 0.25) is 0 Å². The molecule has 0 bridgehead atoms. The molecule has 0 aliphatic heterocycles. The molecule has 1 unspecified atom stereocenters. The number of halogens is 3. The van der Waals surface area contributed by atoms with Crippen molar-refractivity contribution in [1.82, 2.24) is 5.32 Å². The van der Waals surface area contributed by atoms with Crippen LogP contribution in [0.3, 0.4) is 0 Å². The third-order valence-corrected chi connectivity index (χ3v) is 4.25. The lowest BCUT2D eigenvalue weighted by Crippen LogP contribution is -2.24. The van der Waals surface area contributed by atoms with Gasteiger partial charge in [0.25, 0.3) is 0 Å². The van der Waals surface area contributed by atoms with Crippen molar-refractivity contribution in [3.63, 3.8) is 0 Å². The molecule has 0 spiro atoms. The summed E-state index contributed by atoms with van der Waals surface area (Å²) in [5, 5.41) is 14.2. The van der Waals surface area contributed by atoms with E-state index >= 15 is 0 Å². The summed E-state index contributed by atoms with van der Waals surface area (Å²) < 4.78 is 0. The number of hydrogen-bond acceptors (Lipinski definition) is 2. The second kappa shape index (κ2) is 7.30. The SMILES string of the molecule is OCC(NCc1c(Cl)ccc(Cl)c1Cl)c1ccccc1. The highest BCUT2D eigenvalue weighted by atomic mass is 35.5. The zero-order valence-electron chi connectivity index (χ0n) is 10.6. The molecule has 0 aliphatic carbocycles. The van der Waals surface area contributed by atoms with Crippen LogP contribution < -0.4 is 5.32 Å². The molecular weight excluding hydrogens is 317 g/mol. The van der Waals surface area contributed by atoms with Crippen molar-refractivity contribution in [2.75, 3.05) is 6.61 Å². The monoisotopic (exact) mass is 329 g/mol. The zero-order valence-corrected chi connectivity index (χ0v) is 12.9. The van der Waals surface area contributed by atoms with Crippen LogP contribution in [0.15, 0.2) is 42.5 Å². The molecule has 2 aromatic rings. The first-order valence-electron chi connectivity index (χ1n) is 6.15. The Labute approximate surface area is 133 Å². The molecule has 0 fully saturated rings. The lowest BCUT2D eigenvalue weighted by molar-refractivity contribution is 0.243. The topological polar surface area (TPSA) is 32.3 Å². The molecule has 0 saturated heterocycles. The first kappa shape index (κ1) is 15.6. The summed E-state index contributed by atoms with van der Waals surface area (Å²) in [5.74, 6) is 0. The first-order chi connectivity index (χ1) is 9.63. The number of rotatable bonds is 5. The van der Waals surface area contributed by atoms with Crippen LogP contribution in [0.4, 0.5) is 0 Å². The van der Waals surface area contributed by atoms with Crippen molar-refractivity contribution in [2.45, 2.75) is 12.6 Å². The molecule has 2 N–H and O–H groups in total. The molecule has 5 heteroatoms. The lowest BCUT2D eigenvalue weighted by Gasteiger charge is -2.18. The van der Waals surface area contributed by atoms with E-state index in [1.165, 1.54) is 0 Å². The summed E-state index contributed by atoms with van der Waals surface area (Å²) in [5.41, 5.74) is 1.74. The third-order valence-electron chi connectivity index (χ3n) is 3.05. The highest BCUT2D eigenvalue weighted by molar-refractivity contribution is 6.44. The lowest BCUT2D eigenvalue weighted by atomic mass is 10.1. The van der Waals surface area contributed by atoms with E-state index < -0.39 is 0 Å². The second-order valence-corrected chi connectivity index (χ2v) is 5.54. The summed E-state index contributed by atoms with van der Waals surface area (Å²) in [6, 6.07) is 12.9. The van der Waals surface area contributed by atoms with E-state index in [1.807, 2.05) is 30.3 Å². The van der Waals surface area contributed by atoms with Crippen LogP contribution in [0.2, 0.25) is 15.1 Å². The minimum Gasteiger partial charge on any atom is -0.394 e. The van der Waals surface area contributed by atoms with Gasteiger partial charge in [-0.15, -0.1) is 0 Å². The van der Waals surface area contributed by atoms with Crippen molar-refractivity contribution < 1.29 is 5.11 Å². The number of nitrogens with one attached hydrogen (secondary N) is 1. The first-order valence-corrected chi connectivity index (χ1v) is 7.28. The Bertz CT molecular complexity index is 575. The van der Waals surface area contributed by atoms with Crippen LogP contribution in [0.25, 0.3) is 0 Å². The van der Waals surface area contributed by atoms with E-state index in [0.29, 0.717) is 21.6 Å². The van der Waals surface area contributed by atoms with E-state index in [0.717, 1.165) is 11.1 Å². The largest absolute Gasteiger partial charge is 0.394 e. The van der Waals surface area contributed by atoms with E-state index in [2.05, 4.69) is 5.32 Å². The Morgan fingerprint density at radius 1 is 0.950 bits per heavy atom. The maximum atomic E-state index is 9.50. The van der Waals surface area contributed by atoms with Gasteiger partial charge in [-0.2, -0.15) is 0 Å². The molecule has 20 heavy (non-hydrogen) atoms. The van der Waals surface area contributed by atoms with E-state index in [4.69, 9.17) is 34.8 Å². The predicted octanol–water partition coefficient (Wildman–Crippen LogP) is 4.47. The summed E-state index contributed by atoms with van der Waals surface area (Å²) in [4.78, 5) is 0. The molecule has 0 aliphatic rings. The minimum atomic E-state index is -0.178. The highest BCUT2D eigenvalue weighted by Gasteiger charge is 2.13. The molecule has 0 aromatic heterocycles. The molecule has 2 aromatic carbocycles. The number of benzene rings is 2. The van der Waals surface area contributed by atoms with Crippen LogP contribution in [0.1, 0.15) is 17.2 Å². The van der Waals surface area contributed by atoms with Gasteiger partial charge in [0.1, 0.15) is 0 Å². The molecule has 106 valence electrons. The van der Waals surface area contributed by atoms with Crippen molar-refractivity contribution in [3.8, 4) is 0 Å². The molecule has 0 amide bonds. The fourth-order valence-electron chi connectivity index (χ4n) is 1.93. The smallest absolute Gasteiger partial charge is 0.0652 e. The minimum absolute atomic E-state index is 0.0141. The maximum absolute atomic E-state index is 9.50. The summed E-state index contributed by atoms with van der Waals surface area (Å²) >= 11 is 18.3. The Morgan fingerprint density at radius 3 is 2.25 bits per heavy atom. The fourth-order valence-corrected chi connectivity index (χ4v) is 2.61. The molecular formula is C15H14Cl3NO. The van der Waals surface area contributed by atoms with E-state index in [9.17, 15) is 5.11 Å². The van der Waals surface area contributed by atoms with Crippen LogP contribution in [-0.2, 0) is 6.54 Å². The van der Waals surface area contributed by atoms with Crippen LogP contribution in [-0.4, -0.2) is 11.7 Å². The van der Waals surface area contributed by atoms with Gasteiger partial charge in [-0.05, 0) is 17.7 Å². The van der Waals surface area contributed by atoms with Crippen molar-refractivity contribution in [3.05, 3.63) is 68.7 Å². The maximum Gasteiger partial charge on any atom is 0.0652 e. The van der Waals surface area contributed by atoms with E-state index in [-0.39, 0.29) is 12.6 Å². The normalized spacial score (nSPS) is 12.4. The standard InChI is InChI=1S/C15H14Cl3NO/c16-12-6-7-13(17)15(18)11(12)8-19-14(9-20)10-4-2-1-3-5-10/h1-7,14,19-20H,8-9H2. The average molecular weight is 331 g/mol. The zero-order chi connectivity index (χ0) is 14.5. The molecule has 0 saturated carbocycles. The van der Waals surface area contributed by atoms with Gasteiger partial charge in [-0.1, -0.05) is 65.1 Å². The summed E-state index contributed by atoms with van der Waals surface area (Å²) in [6.07, 6.45) is 0. The van der Waals surface area contributed by atoms with Gasteiger partial charge in [0, 0.05) is 17.1 Å². The Kier molecular flexibility index (Phi) is 5.70. The number of aliphatic hydroxyl groups is 1. The van der Waals surface area contributed by atoms with Gasteiger partial charge in [-0.3, -0.25) is 0 Å². The Hall–Kier alpha value is -0.770. The molecule has 1 atom stereocenters. The van der Waals surface area contributed by atoms with Crippen molar-refractivity contribution in [1.29, 1.82) is 0 Å². The molecule has 2 nitrogen and oxygen atoms in total. The van der Waals surface area contributed by atoms with Crippen molar-refractivity contribution in [2.24, 2.45) is 0 Å². The second-order valence-electron chi connectivity index (χ2n) is 4.35. The molecule has 0 heterocycles. The highest BCUT2D eigenvalue weighted by Crippen LogP contribution is 2.31. The quantitative estimate of drug-likeness (QED) is 0.793. The van der Waals surface area contributed by atoms with Gasteiger partial charge in [-0.25, -0.2) is 0 Å². The summed E-state index contributed by atoms with van der Waals surface area (Å²) in [7, 11) is 0. The van der Waals surface area contributed by atoms with Gasteiger partial charge >= 0.3 is 0 Å². The number of aliphatic hydroxyl groups excluding tert-OH is 1. The Morgan fingerprint density at radius 2 is 1.60 bits per heavy atom. The van der Waals surface area contributed by atoms with Crippen LogP contribution >= 0.6 is 34.8 Å². The van der Waals surface area contributed by atoms with Crippen molar-refractivity contribution >= 4 is 34.8 Å². The predicted molar refractivity (Wildman–Crippen MR) is 84.6 cm³/mol. The number of hydrogen-bond donors (Lipinski definition) is 2. The van der Waals surface area contributed by atoms with Crippen LogP contribution in [0.5, 0.6) is 0 Å². The van der Waals surface area contributed by atoms with E-state index in [1.54, 1.807) is 12.1 Å². The van der Waals surface area contributed by atoms with Gasteiger partial charge in [0.15, 0.2) is 0 Å². The fraction of sp³-hybridized carbons (Fsp3) is 0.200. The third kappa shape index (κ3) is 3.66. The summed E-state index contributed by atoms with van der Waals surface area (Å²) in [6.45, 7) is 0.415.